The van der Waals surface area contributed by atoms with Crippen LogP contribution in [-0.4, -0.2) is 63.4 Å². The lowest BCUT2D eigenvalue weighted by atomic mass is 9.87. The van der Waals surface area contributed by atoms with Gasteiger partial charge in [-0.15, -0.1) is 17.5 Å². The summed E-state index contributed by atoms with van der Waals surface area (Å²) in [6.45, 7) is 3.96. The van der Waals surface area contributed by atoms with Crippen LogP contribution in [0.4, 0.5) is 0 Å². The smallest absolute Gasteiger partial charge is 0.277 e. The van der Waals surface area contributed by atoms with E-state index >= 15 is 0 Å². The van der Waals surface area contributed by atoms with Gasteiger partial charge in [0.25, 0.3) is 5.91 Å². The third kappa shape index (κ3) is 3.44. The van der Waals surface area contributed by atoms with Crippen molar-refractivity contribution in [2.45, 2.75) is 63.6 Å². The Kier molecular flexibility index (Phi) is 5.82. The van der Waals surface area contributed by atoms with Crippen molar-refractivity contribution in [3.63, 3.8) is 0 Å². The van der Waals surface area contributed by atoms with E-state index in [1.54, 1.807) is 4.90 Å². The lowest BCUT2D eigenvalue weighted by molar-refractivity contribution is -0.127. The third-order valence-electron chi connectivity index (χ3n) is 5.84. The SMILES string of the molecule is Cc1c(C(=O)N2CC(=O)NC3CCCCC32)nnn1C1CCNCC1.Cl. The molecule has 2 saturated heterocycles. The van der Waals surface area contributed by atoms with E-state index in [1.807, 2.05) is 11.6 Å². The molecule has 26 heavy (non-hydrogen) atoms. The first-order chi connectivity index (χ1) is 12.1. The van der Waals surface area contributed by atoms with E-state index in [0.29, 0.717) is 11.7 Å². The molecule has 3 heterocycles. The molecule has 2 N–H and O–H groups in total. The molecule has 1 aliphatic carbocycles. The van der Waals surface area contributed by atoms with Crippen LogP contribution < -0.4 is 10.6 Å². The van der Waals surface area contributed by atoms with Gasteiger partial charge in [0.2, 0.25) is 5.91 Å². The summed E-state index contributed by atoms with van der Waals surface area (Å²) in [5.41, 5.74) is 1.22. The largest absolute Gasteiger partial charge is 0.350 e. The highest BCUT2D eigenvalue weighted by Gasteiger charge is 2.40. The number of aromatic nitrogens is 3. The molecule has 0 bridgehead atoms. The van der Waals surface area contributed by atoms with Gasteiger partial charge in [0.15, 0.2) is 5.69 Å². The molecule has 1 saturated carbocycles. The number of rotatable bonds is 2. The number of piperidine rings is 1. The molecule has 2 aliphatic heterocycles. The maximum absolute atomic E-state index is 13.1. The predicted octanol–water partition coefficient (Wildman–Crippen LogP) is 0.816. The molecule has 0 radical (unpaired) electrons. The van der Waals surface area contributed by atoms with Crippen LogP contribution >= 0.6 is 12.4 Å². The zero-order valence-corrected chi connectivity index (χ0v) is 15.9. The minimum atomic E-state index is -0.149. The Balaban J connectivity index is 0.00000196. The van der Waals surface area contributed by atoms with Gasteiger partial charge in [-0.3, -0.25) is 9.59 Å². The number of fused-ring (bicyclic) bond motifs is 1. The average Bonchev–Trinajstić information content (AvgIpc) is 3.02. The fourth-order valence-electron chi connectivity index (χ4n) is 4.47. The second kappa shape index (κ2) is 7.92. The zero-order valence-electron chi connectivity index (χ0n) is 15.1. The van der Waals surface area contributed by atoms with Gasteiger partial charge in [0.1, 0.15) is 6.54 Å². The van der Waals surface area contributed by atoms with Gasteiger partial charge in [-0.25, -0.2) is 4.68 Å². The summed E-state index contributed by atoms with van der Waals surface area (Å²) in [6.07, 6.45) is 6.08. The highest BCUT2D eigenvalue weighted by atomic mass is 35.5. The molecular weight excluding hydrogens is 356 g/mol. The minimum Gasteiger partial charge on any atom is -0.350 e. The monoisotopic (exact) mass is 382 g/mol. The van der Waals surface area contributed by atoms with E-state index in [-0.39, 0.29) is 42.8 Å². The number of halogens is 1. The quantitative estimate of drug-likeness (QED) is 0.789. The van der Waals surface area contributed by atoms with Crippen LogP contribution in [0, 0.1) is 6.92 Å². The first-order valence-electron chi connectivity index (χ1n) is 9.38. The van der Waals surface area contributed by atoms with Gasteiger partial charge in [0, 0.05) is 6.04 Å². The number of piperazine rings is 1. The van der Waals surface area contributed by atoms with Crippen molar-refractivity contribution in [1.29, 1.82) is 0 Å². The Morgan fingerprint density at radius 2 is 1.88 bits per heavy atom. The van der Waals surface area contributed by atoms with Gasteiger partial charge in [-0.2, -0.15) is 0 Å². The molecule has 8 nitrogen and oxygen atoms in total. The van der Waals surface area contributed by atoms with Crippen molar-refractivity contribution in [2.24, 2.45) is 0 Å². The summed E-state index contributed by atoms with van der Waals surface area (Å²) < 4.78 is 1.90. The van der Waals surface area contributed by atoms with Crippen LogP contribution in [-0.2, 0) is 4.79 Å². The van der Waals surface area contributed by atoms with Crippen molar-refractivity contribution in [3.05, 3.63) is 11.4 Å². The van der Waals surface area contributed by atoms with Crippen LogP contribution in [0.15, 0.2) is 0 Å². The maximum atomic E-state index is 13.1. The molecule has 4 rings (SSSR count). The van der Waals surface area contributed by atoms with E-state index < -0.39 is 0 Å². The summed E-state index contributed by atoms with van der Waals surface area (Å²) >= 11 is 0. The molecule has 2 unspecified atom stereocenters. The molecular formula is C17H27ClN6O2. The van der Waals surface area contributed by atoms with E-state index in [1.165, 1.54) is 0 Å². The number of carbonyl (C=O) groups excluding carboxylic acids is 2. The standard InChI is InChI=1S/C17H26N6O2.ClH/c1-11-16(20-21-23(11)12-6-8-18-9-7-12)17(25)22-10-15(24)19-13-4-2-3-5-14(13)22;/h12-14,18H,2-10H2,1H3,(H,19,24);1H. The Morgan fingerprint density at radius 3 is 2.65 bits per heavy atom. The molecule has 3 aliphatic rings. The predicted molar refractivity (Wildman–Crippen MR) is 98.4 cm³/mol. The summed E-state index contributed by atoms with van der Waals surface area (Å²) in [5.74, 6) is -0.218. The molecule has 9 heteroatoms. The minimum absolute atomic E-state index is 0. The van der Waals surface area contributed by atoms with Gasteiger partial charge < -0.3 is 15.5 Å². The van der Waals surface area contributed by atoms with Crippen LogP contribution in [0.3, 0.4) is 0 Å². The topological polar surface area (TPSA) is 92.2 Å². The van der Waals surface area contributed by atoms with Crippen molar-refractivity contribution in [1.82, 2.24) is 30.5 Å². The Bertz CT molecular complexity index is 672. The molecule has 2 amide bonds. The van der Waals surface area contributed by atoms with E-state index in [4.69, 9.17) is 0 Å². The van der Waals surface area contributed by atoms with E-state index in [2.05, 4.69) is 20.9 Å². The van der Waals surface area contributed by atoms with Gasteiger partial charge >= 0.3 is 0 Å². The molecule has 144 valence electrons. The fraction of sp³-hybridized carbons (Fsp3) is 0.765. The Hall–Kier alpha value is -1.67. The average molecular weight is 383 g/mol. The molecule has 1 aromatic heterocycles. The van der Waals surface area contributed by atoms with E-state index in [9.17, 15) is 9.59 Å². The summed E-state index contributed by atoms with van der Waals surface area (Å²) in [6, 6.07) is 0.462. The molecule has 2 atom stereocenters. The summed E-state index contributed by atoms with van der Waals surface area (Å²) in [4.78, 5) is 26.9. The highest BCUT2D eigenvalue weighted by molar-refractivity contribution is 5.96. The molecule has 1 aromatic rings. The lowest BCUT2D eigenvalue weighted by Crippen LogP contribution is -2.63. The Labute approximate surface area is 159 Å². The highest BCUT2D eigenvalue weighted by Crippen LogP contribution is 2.28. The fourth-order valence-corrected chi connectivity index (χ4v) is 4.47. The number of carbonyl (C=O) groups is 2. The van der Waals surface area contributed by atoms with Crippen LogP contribution in [0.1, 0.15) is 60.7 Å². The lowest BCUT2D eigenvalue weighted by Gasteiger charge is -2.43. The number of nitrogens with zero attached hydrogens (tertiary/aromatic N) is 4. The maximum Gasteiger partial charge on any atom is 0.277 e. The van der Waals surface area contributed by atoms with Gasteiger partial charge in [-0.05, 0) is 45.7 Å². The zero-order chi connectivity index (χ0) is 17.4. The van der Waals surface area contributed by atoms with Gasteiger partial charge in [-0.1, -0.05) is 18.1 Å². The normalized spacial score (nSPS) is 26.7. The summed E-state index contributed by atoms with van der Waals surface area (Å²) in [5, 5.41) is 14.9. The number of amides is 2. The first kappa shape index (κ1) is 19.1. The molecule has 3 fully saturated rings. The second-order valence-corrected chi connectivity index (χ2v) is 7.41. The van der Waals surface area contributed by atoms with Crippen LogP contribution in [0.5, 0.6) is 0 Å². The molecule has 0 spiro atoms. The van der Waals surface area contributed by atoms with Crippen molar-refractivity contribution >= 4 is 24.2 Å². The van der Waals surface area contributed by atoms with Crippen molar-refractivity contribution in [3.8, 4) is 0 Å². The third-order valence-corrected chi connectivity index (χ3v) is 5.84. The van der Waals surface area contributed by atoms with Gasteiger partial charge in [0.05, 0.1) is 17.8 Å². The number of nitrogens with one attached hydrogen (secondary N) is 2. The summed E-state index contributed by atoms with van der Waals surface area (Å²) in [7, 11) is 0. The number of hydrogen-bond donors (Lipinski definition) is 2. The van der Waals surface area contributed by atoms with Crippen LogP contribution in [0.25, 0.3) is 0 Å². The van der Waals surface area contributed by atoms with Crippen LogP contribution in [0.2, 0.25) is 0 Å². The first-order valence-corrected chi connectivity index (χ1v) is 9.38. The van der Waals surface area contributed by atoms with Crippen molar-refractivity contribution in [2.75, 3.05) is 19.6 Å². The number of hydrogen-bond acceptors (Lipinski definition) is 5. The second-order valence-electron chi connectivity index (χ2n) is 7.41. The van der Waals surface area contributed by atoms with E-state index in [0.717, 1.165) is 57.3 Å². The van der Waals surface area contributed by atoms with Crippen molar-refractivity contribution < 1.29 is 9.59 Å². The Morgan fingerprint density at radius 1 is 1.15 bits per heavy atom. The molecule has 0 aromatic carbocycles.